The van der Waals surface area contributed by atoms with E-state index in [9.17, 15) is 0 Å². The fourth-order valence-corrected chi connectivity index (χ4v) is 8.25. The zero-order valence-electron chi connectivity index (χ0n) is 33.7. The van der Waals surface area contributed by atoms with Crippen LogP contribution in [-0.4, -0.2) is 12.4 Å². The van der Waals surface area contributed by atoms with Crippen LogP contribution in [0.2, 0.25) is 0 Å². The van der Waals surface area contributed by atoms with Gasteiger partial charge in [0.2, 0.25) is 0 Å². The standard InChI is InChI=1S/C52H50N2.C2H6/c1-4-34-52(35-5-2,47-32-28-40(29-33-47)44-22-14-23-45(36-44)49-25-15-21-41-16-12-13-24-48(41)49)46-30-26-39(27-31-46)38-54-51(43-19-10-7-11-20-43)37-50(53-3)42-17-8-6-9-18-42;1-2/h6-28,30-33,36-37,40H,3-5,29,34-35,38H2,1-2H3;1-2H3/b50-37-,54-51?;. The van der Waals surface area contributed by atoms with Gasteiger partial charge in [0.15, 0.2) is 0 Å². The maximum Gasteiger partial charge on any atom is 0.0716 e. The highest BCUT2D eigenvalue weighted by atomic mass is 14.8. The molecule has 0 spiro atoms. The molecule has 0 aromatic heterocycles. The number of allylic oxidation sites excluding steroid dienone is 5. The van der Waals surface area contributed by atoms with Gasteiger partial charge < -0.3 is 0 Å². The highest BCUT2D eigenvalue weighted by Gasteiger charge is 2.34. The number of nitrogens with zero attached hydrogens (tertiary/aromatic N) is 2. The second-order valence-electron chi connectivity index (χ2n) is 14.4. The fraction of sp³-hybridized carbons (Fsp3) is 0.222. The van der Waals surface area contributed by atoms with E-state index in [1.807, 2.05) is 38.1 Å². The number of fused-ring (bicyclic) bond motifs is 1. The Morgan fingerprint density at radius 2 is 1.36 bits per heavy atom. The van der Waals surface area contributed by atoms with E-state index in [1.165, 1.54) is 44.2 Å². The zero-order chi connectivity index (χ0) is 39.2. The molecule has 0 bridgehead atoms. The molecular weight excluding hydrogens is 677 g/mol. The topological polar surface area (TPSA) is 24.7 Å². The molecular formula is C54H56N2. The first-order valence-electron chi connectivity index (χ1n) is 20.5. The summed E-state index contributed by atoms with van der Waals surface area (Å²) in [7, 11) is 0. The number of benzene rings is 6. The summed E-state index contributed by atoms with van der Waals surface area (Å²) in [5.74, 6) is 0.358. The molecule has 0 radical (unpaired) electrons. The summed E-state index contributed by atoms with van der Waals surface area (Å²) >= 11 is 0. The molecule has 6 aromatic carbocycles. The molecule has 0 fully saturated rings. The molecule has 56 heavy (non-hydrogen) atoms. The summed E-state index contributed by atoms with van der Waals surface area (Å²) in [6.45, 7) is 13.1. The molecule has 0 saturated carbocycles. The molecule has 1 atom stereocenters. The Hall–Kier alpha value is -5.86. The predicted octanol–water partition coefficient (Wildman–Crippen LogP) is 14.8. The molecule has 2 nitrogen and oxygen atoms in total. The summed E-state index contributed by atoms with van der Waals surface area (Å²) < 4.78 is 0. The predicted molar refractivity (Wildman–Crippen MR) is 244 cm³/mol. The quantitative estimate of drug-likeness (QED) is 0.0996. The second-order valence-corrected chi connectivity index (χ2v) is 14.4. The number of rotatable bonds is 14. The zero-order valence-corrected chi connectivity index (χ0v) is 33.7. The van der Waals surface area contributed by atoms with Crippen LogP contribution in [0.3, 0.4) is 0 Å². The fourth-order valence-electron chi connectivity index (χ4n) is 8.25. The van der Waals surface area contributed by atoms with E-state index >= 15 is 0 Å². The molecule has 6 aromatic rings. The van der Waals surface area contributed by atoms with Crippen LogP contribution in [0.15, 0.2) is 192 Å². The van der Waals surface area contributed by atoms with Gasteiger partial charge in [-0.05, 0) is 81.8 Å². The maximum atomic E-state index is 5.14. The van der Waals surface area contributed by atoms with Crippen molar-refractivity contribution >= 4 is 28.9 Å². The second kappa shape index (κ2) is 19.6. The highest BCUT2D eigenvalue weighted by molar-refractivity contribution is 6.12. The van der Waals surface area contributed by atoms with E-state index in [4.69, 9.17) is 4.99 Å². The number of hydrogen-bond acceptors (Lipinski definition) is 2. The van der Waals surface area contributed by atoms with Crippen molar-refractivity contribution in [2.75, 3.05) is 0 Å². The van der Waals surface area contributed by atoms with Crippen LogP contribution >= 0.6 is 0 Å². The van der Waals surface area contributed by atoms with Gasteiger partial charge >= 0.3 is 0 Å². The van der Waals surface area contributed by atoms with Gasteiger partial charge in [0.1, 0.15) is 0 Å². The average molecular weight is 733 g/mol. The molecule has 1 unspecified atom stereocenters. The van der Waals surface area contributed by atoms with E-state index in [-0.39, 0.29) is 5.41 Å². The van der Waals surface area contributed by atoms with Crippen LogP contribution < -0.4 is 0 Å². The molecule has 0 aliphatic heterocycles. The van der Waals surface area contributed by atoms with Gasteiger partial charge in [-0.2, -0.15) is 0 Å². The van der Waals surface area contributed by atoms with Crippen molar-refractivity contribution in [2.45, 2.75) is 77.7 Å². The average Bonchev–Trinajstić information content (AvgIpc) is 3.28. The van der Waals surface area contributed by atoms with Gasteiger partial charge in [-0.3, -0.25) is 9.98 Å². The van der Waals surface area contributed by atoms with Crippen molar-refractivity contribution in [1.82, 2.24) is 0 Å². The largest absolute Gasteiger partial charge is 0.280 e. The van der Waals surface area contributed by atoms with Crippen molar-refractivity contribution < 1.29 is 0 Å². The lowest BCUT2D eigenvalue weighted by atomic mass is 9.66. The summed E-state index contributed by atoms with van der Waals surface area (Å²) in [5.41, 5.74) is 11.8. The van der Waals surface area contributed by atoms with Gasteiger partial charge in [-0.1, -0.05) is 210 Å². The van der Waals surface area contributed by atoms with E-state index < -0.39 is 0 Å². The third-order valence-electron chi connectivity index (χ3n) is 10.9. The Labute approximate surface area is 335 Å². The van der Waals surface area contributed by atoms with E-state index in [1.54, 1.807) is 0 Å². The monoisotopic (exact) mass is 732 g/mol. The van der Waals surface area contributed by atoms with Gasteiger partial charge in [0.05, 0.1) is 18.0 Å². The molecule has 0 heterocycles. The van der Waals surface area contributed by atoms with Crippen LogP contribution in [0.4, 0.5) is 0 Å². The van der Waals surface area contributed by atoms with Gasteiger partial charge in [-0.25, -0.2) is 0 Å². The van der Waals surface area contributed by atoms with Crippen molar-refractivity contribution in [3.8, 4) is 11.1 Å². The first-order chi connectivity index (χ1) is 27.6. The van der Waals surface area contributed by atoms with E-state index in [2.05, 4.69) is 177 Å². The third-order valence-corrected chi connectivity index (χ3v) is 10.9. The first kappa shape index (κ1) is 39.8. The highest BCUT2D eigenvalue weighted by Crippen LogP contribution is 2.45. The third kappa shape index (κ3) is 9.15. The minimum atomic E-state index is -0.0181. The summed E-state index contributed by atoms with van der Waals surface area (Å²) in [6.07, 6.45) is 15.0. The Kier molecular flexibility index (Phi) is 14.0. The Balaban J connectivity index is 0.00000262. The Morgan fingerprint density at radius 3 is 2.02 bits per heavy atom. The van der Waals surface area contributed by atoms with Crippen molar-refractivity contribution in [2.24, 2.45) is 9.98 Å². The van der Waals surface area contributed by atoms with Crippen molar-refractivity contribution in [3.63, 3.8) is 0 Å². The normalized spacial score (nSPS) is 14.5. The van der Waals surface area contributed by atoms with Crippen LogP contribution in [-0.2, 0) is 12.0 Å². The van der Waals surface area contributed by atoms with Gasteiger partial charge in [0, 0.05) is 16.9 Å². The lowest BCUT2D eigenvalue weighted by Gasteiger charge is -2.38. The van der Waals surface area contributed by atoms with Crippen LogP contribution in [0.5, 0.6) is 0 Å². The molecule has 1 aliphatic carbocycles. The van der Waals surface area contributed by atoms with Crippen LogP contribution in [0.1, 0.15) is 93.5 Å². The van der Waals surface area contributed by atoms with Gasteiger partial charge in [0.25, 0.3) is 0 Å². The summed E-state index contributed by atoms with van der Waals surface area (Å²) in [5, 5.41) is 2.58. The molecule has 0 saturated heterocycles. The molecule has 0 amide bonds. The van der Waals surface area contributed by atoms with Crippen molar-refractivity contribution in [3.05, 3.63) is 209 Å². The SMILES string of the molecule is C=N/C(=C\C(=NCc1ccc(C(CCC)(CCC)C2=CCC(c3cccc(-c4cccc5ccccc45)c3)C=C2)cc1)c1ccccc1)c1ccccc1.CC. The van der Waals surface area contributed by atoms with Crippen LogP contribution in [0, 0.1) is 0 Å². The Bertz CT molecular complexity index is 2300. The maximum absolute atomic E-state index is 5.14. The molecule has 2 heteroatoms. The minimum Gasteiger partial charge on any atom is -0.280 e. The summed E-state index contributed by atoms with van der Waals surface area (Å²) in [6, 6.07) is 54.3. The smallest absolute Gasteiger partial charge is 0.0716 e. The molecule has 282 valence electrons. The lowest BCUT2D eigenvalue weighted by Crippen LogP contribution is -2.29. The van der Waals surface area contributed by atoms with Gasteiger partial charge in [-0.15, -0.1) is 0 Å². The number of hydrogen-bond donors (Lipinski definition) is 0. The Morgan fingerprint density at radius 1 is 0.714 bits per heavy atom. The molecule has 0 N–H and O–H groups in total. The van der Waals surface area contributed by atoms with E-state index in [0.717, 1.165) is 54.6 Å². The lowest BCUT2D eigenvalue weighted by molar-refractivity contribution is 0.421. The van der Waals surface area contributed by atoms with Crippen molar-refractivity contribution in [1.29, 1.82) is 0 Å². The molecule has 1 aliphatic rings. The number of aliphatic imine (C=N–C) groups is 2. The summed E-state index contributed by atoms with van der Waals surface area (Å²) in [4.78, 5) is 9.50. The van der Waals surface area contributed by atoms with E-state index in [0.29, 0.717) is 12.5 Å². The minimum absolute atomic E-state index is 0.0181. The van der Waals surface area contributed by atoms with Crippen LogP contribution in [0.25, 0.3) is 27.6 Å². The first-order valence-corrected chi connectivity index (χ1v) is 20.5. The molecule has 7 rings (SSSR count).